The van der Waals surface area contributed by atoms with Gasteiger partial charge in [-0.1, -0.05) is 29.3 Å². The standard InChI is InChI=1S/C17H16Cl2F3NO2/c1-10-5-16(24-2)23-8-15(10)25-9-12(17(20,21)22)6-11-3-4-13(18)14(19)7-11/h3-5,7-8,12H,6,9H2,1-2H3. The molecule has 0 radical (unpaired) electrons. The predicted molar refractivity (Wildman–Crippen MR) is 90.7 cm³/mol. The van der Waals surface area contributed by atoms with Crippen molar-refractivity contribution in [1.29, 1.82) is 0 Å². The van der Waals surface area contributed by atoms with E-state index in [9.17, 15) is 13.2 Å². The Morgan fingerprint density at radius 1 is 1.16 bits per heavy atom. The molecule has 0 aliphatic carbocycles. The van der Waals surface area contributed by atoms with Gasteiger partial charge in [0, 0.05) is 6.07 Å². The molecule has 0 N–H and O–H groups in total. The van der Waals surface area contributed by atoms with Crippen molar-refractivity contribution in [3.05, 3.63) is 51.6 Å². The summed E-state index contributed by atoms with van der Waals surface area (Å²) in [6.45, 7) is 1.18. The number of rotatable bonds is 6. The molecule has 1 heterocycles. The third-order valence-corrected chi connectivity index (χ3v) is 4.35. The summed E-state index contributed by atoms with van der Waals surface area (Å²) in [5.74, 6) is -1.04. The largest absolute Gasteiger partial charge is 0.491 e. The van der Waals surface area contributed by atoms with Crippen LogP contribution in [0.4, 0.5) is 13.2 Å². The van der Waals surface area contributed by atoms with Crippen molar-refractivity contribution in [2.24, 2.45) is 5.92 Å². The second-order valence-corrected chi connectivity index (χ2v) is 6.31. The molecule has 0 bridgehead atoms. The molecule has 136 valence electrons. The van der Waals surface area contributed by atoms with E-state index in [0.717, 1.165) is 0 Å². The van der Waals surface area contributed by atoms with Gasteiger partial charge in [-0.05, 0) is 36.6 Å². The number of aryl methyl sites for hydroxylation is 1. The number of ether oxygens (including phenoxy) is 2. The Labute approximate surface area is 153 Å². The summed E-state index contributed by atoms with van der Waals surface area (Å²) in [6, 6.07) is 6.03. The van der Waals surface area contributed by atoms with Gasteiger partial charge in [0.2, 0.25) is 5.88 Å². The Kier molecular flexibility index (Phi) is 6.41. The molecule has 0 amide bonds. The fourth-order valence-electron chi connectivity index (χ4n) is 2.19. The lowest BCUT2D eigenvalue weighted by molar-refractivity contribution is -0.181. The van der Waals surface area contributed by atoms with Crippen molar-refractivity contribution < 1.29 is 22.6 Å². The Bertz CT molecular complexity index is 738. The van der Waals surface area contributed by atoms with Crippen LogP contribution in [0.25, 0.3) is 0 Å². The van der Waals surface area contributed by atoms with E-state index < -0.39 is 18.7 Å². The number of hydrogen-bond acceptors (Lipinski definition) is 3. The molecule has 0 saturated heterocycles. The van der Waals surface area contributed by atoms with Gasteiger partial charge in [0.25, 0.3) is 0 Å². The van der Waals surface area contributed by atoms with Gasteiger partial charge in [-0.3, -0.25) is 0 Å². The zero-order chi connectivity index (χ0) is 18.6. The summed E-state index contributed by atoms with van der Waals surface area (Å²) in [5.41, 5.74) is 1.08. The summed E-state index contributed by atoms with van der Waals surface area (Å²) < 4.78 is 50.3. The Morgan fingerprint density at radius 3 is 2.44 bits per heavy atom. The van der Waals surface area contributed by atoms with Crippen LogP contribution in [0.15, 0.2) is 30.5 Å². The number of aromatic nitrogens is 1. The topological polar surface area (TPSA) is 31.4 Å². The minimum atomic E-state index is -4.42. The number of halogens is 5. The third kappa shape index (κ3) is 5.41. The average Bonchev–Trinajstić information content (AvgIpc) is 2.54. The van der Waals surface area contributed by atoms with E-state index in [1.54, 1.807) is 13.0 Å². The smallest absolute Gasteiger partial charge is 0.395 e. The van der Waals surface area contributed by atoms with Crippen molar-refractivity contribution >= 4 is 23.2 Å². The summed E-state index contributed by atoms with van der Waals surface area (Å²) >= 11 is 11.7. The number of alkyl halides is 3. The SMILES string of the molecule is COc1cc(C)c(OCC(Cc2ccc(Cl)c(Cl)c2)C(F)(F)F)cn1. The van der Waals surface area contributed by atoms with Crippen LogP contribution >= 0.6 is 23.2 Å². The van der Waals surface area contributed by atoms with E-state index in [0.29, 0.717) is 22.0 Å². The zero-order valence-electron chi connectivity index (χ0n) is 13.5. The third-order valence-electron chi connectivity index (χ3n) is 3.62. The lowest BCUT2D eigenvalue weighted by Crippen LogP contribution is -2.30. The van der Waals surface area contributed by atoms with Crippen LogP contribution in [0.5, 0.6) is 11.6 Å². The van der Waals surface area contributed by atoms with Gasteiger partial charge in [-0.25, -0.2) is 4.98 Å². The molecule has 2 aromatic rings. The van der Waals surface area contributed by atoms with E-state index >= 15 is 0 Å². The van der Waals surface area contributed by atoms with E-state index in [2.05, 4.69) is 4.98 Å². The van der Waals surface area contributed by atoms with Crippen molar-refractivity contribution in [2.45, 2.75) is 19.5 Å². The first-order valence-electron chi connectivity index (χ1n) is 7.34. The number of hydrogen-bond donors (Lipinski definition) is 0. The molecule has 2 rings (SSSR count). The normalized spacial score (nSPS) is 12.8. The van der Waals surface area contributed by atoms with Crippen LogP contribution in [0.1, 0.15) is 11.1 Å². The quantitative estimate of drug-likeness (QED) is 0.648. The molecule has 0 aliphatic rings. The van der Waals surface area contributed by atoms with Gasteiger partial charge in [-0.2, -0.15) is 13.2 Å². The second-order valence-electron chi connectivity index (χ2n) is 5.49. The van der Waals surface area contributed by atoms with Crippen molar-refractivity contribution in [1.82, 2.24) is 4.98 Å². The maximum atomic E-state index is 13.3. The molecule has 0 saturated carbocycles. The van der Waals surface area contributed by atoms with E-state index in [-0.39, 0.29) is 17.2 Å². The first-order valence-corrected chi connectivity index (χ1v) is 8.10. The van der Waals surface area contributed by atoms with E-state index in [1.807, 2.05) is 0 Å². The number of methoxy groups -OCH3 is 1. The maximum Gasteiger partial charge on any atom is 0.395 e. The predicted octanol–water partition coefficient (Wildman–Crippen LogP) is 5.51. The molecule has 1 aromatic heterocycles. The van der Waals surface area contributed by atoms with Crippen LogP contribution < -0.4 is 9.47 Å². The first-order chi connectivity index (χ1) is 11.7. The van der Waals surface area contributed by atoms with Gasteiger partial charge in [-0.15, -0.1) is 0 Å². The minimum Gasteiger partial charge on any atom is -0.491 e. The van der Waals surface area contributed by atoms with E-state index in [1.165, 1.54) is 31.5 Å². The molecular weight excluding hydrogens is 378 g/mol. The van der Waals surface area contributed by atoms with Crippen LogP contribution in [0, 0.1) is 12.8 Å². The van der Waals surface area contributed by atoms with Crippen molar-refractivity contribution in [2.75, 3.05) is 13.7 Å². The highest BCUT2D eigenvalue weighted by Gasteiger charge is 2.40. The highest BCUT2D eigenvalue weighted by Crippen LogP contribution is 2.32. The van der Waals surface area contributed by atoms with Crippen LogP contribution in [-0.2, 0) is 6.42 Å². The molecule has 8 heteroatoms. The van der Waals surface area contributed by atoms with Gasteiger partial charge in [0.1, 0.15) is 12.4 Å². The molecule has 0 aliphatic heterocycles. The number of benzene rings is 1. The van der Waals surface area contributed by atoms with Crippen LogP contribution in [0.3, 0.4) is 0 Å². The van der Waals surface area contributed by atoms with Crippen LogP contribution in [-0.4, -0.2) is 24.9 Å². The molecule has 0 spiro atoms. The van der Waals surface area contributed by atoms with Crippen LogP contribution in [0.2, 0.25) is 10.0 Å². The summed E-state index contributed by atoms with van der Waals surface area (Å²) in [4.78, 5) is 3.94. The lowest BCUT2D eigenvalue weighted by atomic mass is 9.99. The molecule has 1 unspecified atom stereocenters. The fourth-order valence-corrected chi connectivity index (χ4v) is 2.51. The lowest BCUT2D eigenvalue weighted by Gasteiger charge is -2.21. The Morgan fingerprint density at radius 2 is 1.88 bits per heavy atom. The highest BCUT2D eigenvalue weighted by atomic mass is 35.5. The summed E-state index contributed by atoms with van der Waals surface area (Å²) in [5, 5.41) is 0.515. The molecule has 0 fully saturated rings. The summed E-state index contributed by atoms with van der Waals surface area (Å²) in [6.07, 6.45) is -3.33. The van der Waals surface area contributed by atoms with E-state index in [4.69, 9.17) is 32.7 Å². The summed E-state index contributed by atoms with van der Waals surface area (Å²) in [7, 11) is 1.46. The van der Waals surface area contributed by atoms with Gasteiger partial charge >= 0.3 is 6.18 Å². The molecule has 3 nitrogen and oxygen atoms in total. The maximum absolute atomic E-state index is 13.3. The second kappa shape index (κ2) is 8.15. The van der Waals surface area contributed by atoms with Crippen molar-refractivity contribution in [3.8, 4) is 11.6 Å². The zero-order valence-corrected chi connectivity index (χ0v) is 15.0. The fraction of sp³-hybridized carbons (Fsp3) is 0.353. The average molecular weight is 394 g/mol. The molecule has 1 aromatic carbocycles. The first kappa shape index (κ1) is 19.7. The van der Waals surface area contributed by atoms with Gasteiger partial charge < -0.3 is 9.47 Å². The number of nitrogens with zero attached hydrogens (tertiary/aromatic N) is 1. The molecular formula is C17H16Cl2F3NO2. The monoisotopic (exact) mass is 393 g/mol. The highest BCUT2D eigenvalue weighted by molar-refractivity contribution is 6.42. The molecule has 25 heavy (non-hydrogen) atoms. The van der Waals surface area contributed by atoms with Crippen molar-refractivity contribution in [3.63, 3.8) is 0 Å². The van der Waals surface area contributed by atoms with Gasteiger partial charge in [0.05, 0.1) is 29.3 Å². The number of pyridine rings is 1. The minimum absolute atomic E-state index is 0.219. The Balaban J connectivity index is 2.12. The Hall–Kier alpha value is -1.66. The van der Waals surface area contributed by atoms with Gasteiger partial charge in [0.15, 0.2) is 0 Å². The molecule has 1 atom stereocenters.